The van der Waals surface area contributed by atoms with Crippen LogP contribution in [-0.4, -0.2) is 51.3 Å². The van der Waals surface area contributed by atoms with Crippen molar-refractivity contribution in [3.05, 3.63) is 41.7 Å². The Morgan fingerprint density at radius 2 is 1.73 bits per heavy atom. The van der Waals surface area contributed by atoms with Gasteiger partial charge in [0.1, 0.15) is 34.6 Å². The number of rotatable bonds is 6. The average Bonchev–Trinajstić information content (AvgIpc) is 2.71. The van der Waals surface area contributed by atoms with Gasteiger partial charge in [0, 0.05) is 19.2 Å². The molecule has 2 rings (SSSR count). The van der Waals surface area contributed by atoms with Gasteiger partial charge in [-0.3, -0.25) is 4.99 Å². The predicted octanol–water partition coefficient (Wildman–Crippen LogP) is 3.59. The van der Waals surface area contributed by atoms with Gasteiger partial charge in [-0.15, -0.1) is 0 Å². The van der Waals surface area contributed by atoms with Gasteiger partial charge in [0.25, 0.3) is 0 Å². The number of aliphatic imine (C=N–C) groups is 1. The minimum absolute atomic E-state index is 0.0592. The average molecular weight is 477 g/mol. The highest BCUT2D eigenvalue weighted by molar-refractivity contribution is 6.03. The third-order valence-electron chi connectivity index (χ3n) is 3.97. The largest absolute Gasteiger partial charge is 0.433 e. The number of aromatic nitrogens is 3. The minimum atomic E-state index is -4.80. The molecule has 2 aromatic heterocycles. The molecule has 0 amide bonds. The smallest absolute Gasteiger partial charge is 0.395 e. The number of hydrogen-bond acceptors (Lipinski definition) is 7. The number of hydrogen-bond donors (Lipinski definition) is 4. The summed E-state index contributed by atoms with van der Waals surface area (Å²) in [6.07, 6.45) is -8.98. The lowest BCUT2D eigenvalue weighted by atomic mass is 10.1. The summed E-state index contributed by atoms with van der Waals surface area (Å²) in [6.45, 7) is 2.91. The van der Waals surface area contributed by atoms with Crippen LogP contribution in [0.1, 0.15) is 19.5 Å². The summed E-state index contributed by atoms with van der Waals surface area (Å²) >= 11 is 0. The van der Waals surface area contributed by atoms with Crippen molar-refractivity contribution in [2.75, 3.05) is 24.3 Å². The summed E-state index contributed by atoms with van der Waals surface area (Å²) in [5.41, 5.74) is 1.28. The molecule has 5 N–H and O–H groups in total. The number of alkyl halides is 6. The molecule has 2 aromatic rings. The Labute approximate surface area is 184 Å². The number of nitrogens with two attached hydrogens (primary N) is 1. The molecule has 0 unspecified atom stereocenters. The third kappa shape index (κ3) is 7.30. The van der Waals surface area contributed by atoms with E-state index >= 15 is 0 Å². The molecular formula is C19H21F6N7O. The number of aliphatic hydroxyl groups is 1. The molecule has 0 aliphatic rings. The van der Waals surface area contributed by atoms with Crippen molar-refractivity contribution >= 4 is 17.5 Å². The number of pyridine rings is 1. The Morgan fingerprint density at radius 1 is 1.09 bits per heavy atom. The second-order valence-electron chi connectivity index (χ2n) is 7.37. The van der Waals surface area contributed by atoms with Crippen molar-refractivity contribution in [3.63, 3.8) is 0 Å². The summed E-state index contributed by atoms with van der Waals surface area (Å²) in [6, 6.07) is 4.40. The predicted molar refractivity (Wildman–Crippen MR) is 110 cm³/mol. The van der Waals surface area contributed by atoms with Gasteiger partial charge in [0.15, 0.2) is 5.82 Å². The monoisotopic (exact) mass is 477 g/mol. The molecule has 0 bridgehead atoms. The second kappa shape index (κ2) is 9.60. The molecule has 8 nitrogen and oxygen atoms in total. The van der Waals surface area contributed by atoms with Gasteiger partial charge in [-0.25, -0.2) is 15.0 Å². The van der Waals surface area contributed by atoms with Gasteiger partial charge in [-0.05, 0) is 26.0 Å². The molecule has 0 saturated heterocycles. The maximum atomic E-state index is 13.1. The van der Waals surface area contributed by atoms with E-state index in [1.54, 1.807) is 13.8 Å². The molecule has 0 aliphatic carbocycles. The van der Waals surface area contributed by atoms with Crippen molar-refractivity contribution in [1.29, 1.82) is 0 Å². The lowest BCUT2D eigenvalue weighted by Crippen LogP contribution is -2.35. The topological polar surface area (TPSA) is 121 Å². The summed E-state index contributed by atoms with van der Waals surface area (Å²) in [4.78, 5) is 15.4. The zero-order valence-corrected chi connectivity index (χ0v) is 17.7. The van der Waals surface area contributed by atoms with E-state index in [-0.39, 0.29) is 35.6 Å². The van der Waals surface area contributed by atoms with E-state index in [0.717, 1.165) is 12.1 Å². The second-order valence-corrected chi connectivity index (χ2v) is 7.37. The van der Waals surface area contributed by atoms with Crippen LogP contribution in [0.5, 0.6) is 0 Å². The number of amidine groups is 1. The standard InChI is InChI=1S/C19H21F6N7O/c1-17(2,9-33)32-15-8-14(29-13(27-3)7-11(26)18(20,21)22)30-16(31-15)10-5-4-6-12(28-10)19(23,24)25/h4-8,33H,9,26H2,1-3H3,(H2,27,29,30,31,32). The number of aliphatic hydroxyl groups excluding tert-OH is 1. The van der Waals surface area contributed by atoms with Crippen LogP contribution in [0, 0.1) is 0 Å². The highest BCUT2D eigenvalue weighted by Gasteiger charge is 2.33. The van der Waals surface area contributed by atoms with Crippen LogP contribution in [0.3, 0.4) is 0 Å². The molecule has 14 heteroatoms. The Kier molecular flexibility index (Phi) is 7.52. The molecule has 0 fully saturated rings. The first-order valence-electron chi connectivity index (χ1n) is 9.25. The summed E-state index contributed by atoms with van der Waals surface area (Å²) in [5, 5.41) is 14.9. The van der Waals surface area contributed by atoms with E-state index < -0.39 is 29.3 Å². The van der Waals surface area contributed by atoms with Crippen LogP contribution in [0.25, 0.3) is 11.5 Å². The first-order valence-corrected chi connectivity index (χ1v) is 9.25. The normalized spacial score (nSPS) is 13.8. The molecule has 0 spiro atoms. The lowest BCUT2D eigenvalue weighted by molar-refractivity contribution is -0.141. The molecule has 180 valence electrons. The van der Waals surface area contributed by atoms with E-state index in [2.05, 4.69) is 30.6 Å². The molecule has 0 radical (unpaired) electrons. The maximum Gasteiger partial charge on any atom is 0.433 e. The first-order chi connectivity index (χ1) is 15.1. The summed E-state index contributed by atoms with van der Waals surface area (Å²) in [5.74, 6) is -0.629. The number of nitrogens with one attached hydrogen (secondary N) is 2. The molecule has 0 aliphatic heterocycles. The molecule has 0 atom stereocenters. The van der Waals surface area contributed by atoms with Gasteiger partial charge in [-0.2, -0.15) is 26.3 Å². The minimum Gasteiger partial charge on any atom is -0.395 e. The zero-order chi connectivity index (χ0) is 25.0. The fourth-order valence-corrected chi connectivity index (χ4v) is 2.31. The van der Waals surface area contributed by atoms with Crippen LogP contribution in [-0.2, 0) is 6.18 Å². The number of anilines is 2. The van der Waals surface area contributed by atoms with Crippen LogP contribution < -0.4 is 16.4 Å². The van der Waals surface area contributed by atoms with Crippen molar-refractivity contribution in [2.45, 2.75) is 31.7 Å². The van der Waals surface area contributed by atoms with E-state index in [9.17, 15) is 31.4 Å². The van der Waals surface area contributed by atoms with E-state index in [1.807, 2.05) is 0 Å². The van der Waals surface area contributed by atoms with Crippen molar-refractivity contribution in [3.8, 4) is 11.5 Å². The fourth-order valence-electron chi connectivity index (χ4n) is 2.31. The van der Waals surface area contributed by atoms with Crippen molar-refractivity contribution < 1.29 is 31.4 Å². The number of halogens is 6. The maximum absolute atomic E-state index is 13.1. The highest BCUT2D eigenvalue weighted by Crippen LogP contribution is 2.29. The SMILES string of the molecule is CN=C(C=C(N)C(F)(F)F)Nc1cc(NC(C)(C)CO)nc(-c2cccc(C(F)(F)F)n2)n1. The van der Waals surface area contributed by atoms with Crippen LogP contribution in [0.15, 0.2) is 41.0 Å². The quantitative estimate of drug-likeness (QED) is 0.285. The Hall–Kier alpha value is -3.42. The van der Waals surface area contributed by atoms with Crippen LogP contribution >= 0.6 is 0 Å². The highest BCUT2D eigenvalue weighted by atomic mass is 19.4. The van der Waals surface area contributed by atoms with Gasteiger partial charge < -0.3 is 21.5 Å². The van der Waals surface area contributed by atoms with E-state index in [1.165, 1.54) is 19.2 Å². The van der Waals surface area contributed by atoms with Gasteiger partial charge in [0.05, 0.1) is 12.1 Å². The number of nitrogens with zero attached hydrogens (tertiary/aromatic N) is 4. The molecule has 33 heavy (non-hydrogen) atoms. The zero-order valence-electron chi connectivity index (χ0n) is 17.7. The Morgan fingerprint density at radius 3 is 2.27 bits per heavy atom. The molecule has 0 aromatic carbocycles. The van der Waals surface area contributed by atoms with Crippen molar-refractivity contribution in [1.82, 2.24) is 15.0 Å². The number of allylic oxidation sites excluding steroid dienone is 1. The van der Waals surface area contributed by atoms with Crippen molar-refractivity contribution in [2.24, 2.45) is 10.7 Å². The summed E-state index contributed by atoms with van der Waals surface area (Å²) in [7, 11) is 1.20. The Balaban J connectivity index is 2.55. The summed E-state index contributed by atoms with van der Waals surface area (Å²) < 4.78 is 77.5. The molecule has 2 heterocycles. The first kappa shape index (κ1) is 25.8. The lowest BCUT2D eigenvalue weighted by Gasteiger charge is -2.24. The van der Waals surface area contributed by atoms with Crippen LogP contribution in [0.4, 0.5) is 38.0 Å². The molecule has 0 saturated carbocycles. The van der Waals surface area contributed by atoms with Crippen LogP contribution in [0.2, 0.25) is 0 Å². The van der Waals surface area contributed by atoms with Gasteiger partial charge in [0.2, 0.25) is 0 Å². The fraction of sp³-hybridized carbons (Fsp3) is 0.368. The third-order valence-corrected chi connectivity index (χ3v) is 3.97. The Bertz CT molecular complexity index is 1050. The van der Waals surface area contributed by atoms with Gasteiger partial charge >= 0.3 is 12.4 Å². The van der Waals surface area contributed by atoms with E-state index in [4.69, 9.17) is 5.73 Å². The van der Waals surface area contributed by atoms with Gasteiger partial charge in [-0.1, -0.05) is 6.07 Å². The van der Waals surface area contributed by atoms with E-state index in [0.29, 0.717) is 6.08 Å². The molecular weight excluding hydrogens is 456 g/mol.